The predicted octanol–water partition coefficient (Wildman–Crippen LogP) is 0.507. The van der Waals surface area contributed by atoms with Gasteiger partial charge in [-0.15, -0.1) is 0 Å². The van der Waals surface area contributed by atoms with E-state index in [4.69, 9.17) is 0 Å². The van der Waals surface area contributed by atoms with Crippen molar-refractivity contribution >= 4 is 5.97 Å². The second-order valence-corrected chi connectivity index (χ2v) is 3.93. The van der Waals surface area contributed by atoms with E-state index in [-0.39, 0.29) is 18.4 Å². The van der Waals surface area contributed by atoms with Crippen molar-refractivity contribution in [3.8, 4) is 0 Å². The van der Waals surface area contributed by atoms with E-state index in [9.17, 15) is 22.8 Å². The molecule has 0 aliphatic heterocycles. The number of alkyl halides is 3. The molecule has 1 aromatic rings. The van der Waals surface area contributed by atoms with Gasteiger partial charge in [0.25, 0.3) is 0 Å². The summed E-state index contributed by atoms with van der Waals surface area (Å²) in [6.07, 6.45) is -6.52. The van der Waals surface area contributed by atoms with Crippen LogP contribution in [0.15, 0.2) is 9.32 Å². The third-order valence-electron chi connectivity index (χ3n) is 1.95. The average Bonchev–Trinajstić information content (AvgIpc) is 2.69. The Morgan fingerprint density at radius 2 is 2.16 bits per heavy atom. The van der Waals surface area contributed by atoms with Gasteiger partial charge in [0.15, 0.2) is 11.9 Å². The molecule has 0 aliphatic rings. The van der Waals surface area contributed by atoms with Crippen LogP contribution >= 0.6 is 0 Å². The van der Waals surface area contributed by atoms with Gasteiger partial charge in [0.05, 0.1) is 0 Å². The van der Waals surface area contributed by atoms with Crippen molar-refractivity contribution in [2.75, 3.05) is 6.54 Å². The Balaban J connectivity index is 2.81. The maximum Gasteiger partial charge on any atom is 0.490 e. The number of nitrogens with one attached hydrogen (secondary N) is 2. The molecule has 0 saturated carbocycles. The summed E-state index contributed by atoms with van der Waals surface area (Å²) >= 11 is 0. The van der Waals surface area contributed by atoms with E-state index in [0.29, 0.717) is 0 Å². The fourth-order valence-corrected chi connectivity index (χ4v) is 1.11. The molecular weight excluding hydrogens is 271 g/mol. The monoisotopic (exact) mass is 283 g/mol. The molecule has 1 atom stereocenters. The number of nitrogens with zero attached hydrogens (tertiary/aromatic N) is 1. The lowest BCUT2D eigenvalue weighted by atomic mass is 10.3. The number of aromatic amines is 1. The Kier molecular flexibility index (Phi) is 4.70. The standard InChI is InChI=1S/C9H12F3N3O4/c1-4(2)13-3-5(6-14-8(17)19-15-6)18-7(16)9(10,11)12/h4-5,13H,3H2,1-2H3,(H,14,15,17). The number of halogens is 3. The van der Waals surface area contributed by atoms with Gasteiger partial charge in [0, 0.05) is 12.6 Å². The van der Waals surface area contributed by atoms with Crippen LogP contribution in [-0.4, -0.2) is 34.9 Å². The number of hydrogen-bond acceptors (Lipinski definition) is 6. The normalized spacial score (nSPS) is 13.6. The van der Waals surface area contributed by atoms with Gasteiger partial charge in [-0.1, -0.05) is 19.0 Å². The molecule has 0 aliphatic carbocycles. The first-order valence-electron chi connectivity index (χ1n) is 5.27. The molecule has 1 rings (SSSR count). The molecule has 0 fully saturated rings. The highest BCUT2D eigenvalue weighted by molar-refractivity contribution is 5.75. The largest absolute Gasteiger partial charge is 0.490 e. The summed E-state index contributed by atoms with van der Waals surface area (Å²) in [5, 5.41) is 5.96. The highest BCUT2D eigenvalue weighted by atomic mass is 19.4. The van der Waals surface area contributed by atoms with Gasteiger partial charge in [-0.05, 0) is 0 Å². The zero-order valence-corrected chi connectivity index (χ0v) is 10.1. The van der Waals surface area contributed by atoms with Crippen molar-refractivity contribution in [1.82, 2.24) is 15.5 Å². The van der Waals surface area contributed by atoms with E-state index in [0.717, 1.165) is 0 Å². The Bertz CT molecular complexity index is 480. The predicted molar refractivity (Wildman–Crippen MR) is 55.2 cm³/mol. The smallest absolute Gasteiger partial charge is 0.446 e. The minimum Gasteiger partial charge on any atom is -0.446 e. The SMILES string of the molecule is CC(C)NCC(OC(=O)C(F)(F)F)c1noc(=O)[nH]1. The van der Waals surface area contributed by atoms with E-state index in [1.165, 1.54) is 0 Å². The molecule has 0 bridgehead atoms. The van der Waals surface area contributed by atoms with Crippen molar-refractivity contribution < 1.29 is 27.2 Å². The van der Waals surface area contributed by atoms with Gasteiger partial charge >= 0.3 is 17.9 Å². The van der Waals surface area contributed by atoms with Gasteiger partial charge in [-0.2, -0.15) is 13.2 Å². The van der Waals surface area contributed by atoms with Gasteiger partial charge in [-0.25, -0.2) is 9.59 Å². The lowest BCUT2D eigenvalue weighted by molar-refractivity contribution is -0.205. The number of hydrogen-bond donors (Lipinski definition) is 2. The fourth-order valence-electron chi connectivity index (χ4n) is 1.11. The Labute approximate surface area is 105 Å². The quantitative estimate of drug-likeness (QED) is 0.764. The molecule has 2 N–H and O–H groups in total. The summed E-state index contributed by atoms with van der Waals surface area (Å²) in [7, 11) is 0. The van der Waals surface area contributed by atoms with E-state index in [1.54, 1.807) is 13.8 Å². The lowest BCUT2D eigenvalue weighted by Crippen LogP contribution is -2.34. The molecule has 1 heterocycles. The fraction of sp³-hybridized carbons (Fsp3) is 0.667. The third-order valence-corrected chi connectivity index (χ3v) is 1.95. The molecule has 7 nitrogen and oxygen atoms in total. The summed E-state index contributed by atoms with van der Waals surface area (Å²) in [6, 6.07) is -0.0642. The molecule has 0 amide bonds. The Morgan fingerprint density at radius 3 is 2.58 bits per heavy atom. The molecule has 0 spiro atoms. The maximum absolute atomic E-state index is 12.1. The zero-order valence-electron chi connectivity index (χ0n) is 10.1. The Morgan fingerprint density at radius 1 is 1.53 bits per heavy atom. The van der Waals surface area contributed by atoms with Gasteiger partial charge < -0.3 is 10.1 Å². The molecule has 1 aromatic heterocycles. The van der Waals surface area contributed by atoms with Gasteiger partial charge in [0.2, 0.25) is 0 Å². The molecule has 0 aromatic carbocycles. The molecule has 10 heteroatoms. The van der Waals surface area contributed by atoms with Gasteiger partial charge in [-0.3, -0.25) is 9.51 Å². The molecule has 19 heavy (non-hydrogen) atoms. The van der Waals surface area contributed by atoms with E-state index in [2.05, 4.69) is 19.7 Å². The number of aromatic nitrogens is 2. The summed E-state index contributed by atoms with van der Waals surface area (Å²) in [6.45, 7) is 3.34. The number of carbonyl (C=O) groups excluding carboxylic acids is 1. The summed E-state index contributed by atoms with van der Waals surface area (Å²) < 4.78 is 44.8. The van der Waals surface area contributed by atoms with Crippen molar-refractivity contribution in [3.05, 3.63) is 16.4 Å². The van der Waals surface area contributed by atoms with Crippen LogP contribution in [0.5, 0.6) is 0 Å². The molecule has 0 radical (unpaired) electrons. The number of ether oxygens (including phenoxy) is 1. The highest BCUT2D eigenvalue weighted by Crippen LogP contribution is 2.21. The minimum absolute atomic E-state index is 0.0642. The van der Waals surface area contributed by atoms with Crippen molar-refractivity contribution in [3.63, 3.8) is 0 Å². The Hall–Kier alpha value is -1.84. The van der Waals surface area contributed by atoms with Crippen LogP contribution in [0.1, 0.15) is 25.8 Å². The number of esters is 1. The maximum atomic E-state index is 12.1. The summed E-state index contributed by atoms with van der Waals surface area (Å²) in [5.74, 6) is -3.62. The number of rotatable bonds is 5. The second kappa shape index (κ2) is 5.87. The minimum atomic E-state index is -5.12. The first-order valence-corrected chi connectivity index (χ1v) is 5.27. The van der Waals surface area contributed by atoms with Crippen molar-refractivity contribution in [2.24, 2.45) is 0 Å². The summed E-state index contributed by atoms with van der Waals surface area (Å²) in [4.78, 5) is 23.6. The van der Waals surface area contributed by atoms with E-state index >= 15 is 0 Å². The first kappa shape index (κ1) is 15.2. The van der Waals surface area contributed by atoms with Crippen LogP contribution < -0.4 is 11.1 Å². The van der Waals surface area contributed by atoms with Crippen LogP contribution in [0.2, 0.25) is 0 Å². The van der Waals surface area contributed by atoms with Crippen LogP contribution in [-0.2, 0) is 9.53 Å². The zero-order chi connectivity index (χ0) is 14.6. The van der Waals surface area contributed by atoms with Crippen LogP contribution in [0.25, 0.3) is 0 Å². The van der Waals surface area contributed by atoms with E-state index in [1.807, 2.05) is 4.98 Å². The van der Waals surface area contributed by atoms with Crippen molar-refractivity contribution in [1.29, 1.82) is 0 Å². The third kappa shape index (κ3) is 4.73. The van der Waals surface area contributed by atoms with Crippen LogP contribution in [0.4, 0.5) is 13.2 Å². The topological polar surface area (TPSA) is 97.2 Å². The highest BCUT2D eigenvalue weighted by Gasteiger charge is 2.43. The molecule has 108 valence electrons. The molecular formula is C9H12F3N3O4. The van der Waals surface area contributed by atoms with Crippen LogP contribution in [0, 0.1) is 0 Å². The molecule has 1 unspecified atom stereocenters. The van der Waals surface area contributed by atoms with Crippen molar-refractivity contribution in [2.45, 2.75) is 32.2 Å². The first-order chi connectivity index (χ1) is 8.70. The number of H-pyrrole nitrogens is 1. The van der Waals surface area contributed by atoms with E-state index < -0.39 is 24.0 Å². The van der Waals surface area contributed by atoms with Gasteiger partial charge in [0.1, 0.15) is 0 Å². The average molecular weight is 283 g/mol. The molecule has 0 saturated heterocycles. The lowest BCUT2D eigenvalue weighted by Gasteiger charge is -2.17. The van der Waals surface area contributed by atoms with Crippen LogP contribution in [0.3, 0.4) is 0 Å². The second-order valence-electron chi connectivity index (χ2n) is 3.93. The number of carbonyl (C=O) groups is 1. The summed E-state index contributed by atoms with van der Waals surface area (Å²) in [5.41, 5.74) is 0.